The Balaban J connectivity index is 1.96. The summed E-state index contributed by atoms with van der Waals surface area (Å²) < 4.78 is 10.2. The molecule has 0 atom stereocenters. The van der Waals surface area contributed by atoms with Crippen molar-refractivity contribution in [3.63, 3.8) is 0 Å². The summed E-state index contributed by atoms with van der Waals surface area (Å²) in [7, 11) is 0. The number of likely N-dealkylation sites (tertiary alicyclic amines) is 1. The minimum absolute atomic E-state index is 0.167. The number of ether oxygens (including phenoxy) is 2. The molecule has 6 nitrogen and oxygen atoms in total. The van der Waals surface area contributed by atoms with Gasteiger partial charge in [-0.2, -0.15) is 0 Å². The molecule has 2 heterocycles. The van der Waals surface area contributed by atoms with Gasteiger partial charge < -0.3 is 14.4 Å². The second-order valence-electron chi connectivity index (χ2n) is 6.75. The highest BCUT2D eigenvalue weighted by molar-refractivity contribution is 7.13. The predicted molar refractivity (Wildman–Crippen MR) is 92.8 cm³/mol. The van der Waals surface area contributed by atoms with E-state index in [1.165, 1.54) is 11.3 Å². The van der Waals surface area contributed by atoms with Crippen molar-refractivity contribution in [3.8, 4) is 0 Å². The van der Waals surface area contributed by atoms with Crippen molar-refractivity contribution in [2.45, 2.75) is 52.1 Å². The summed E-state index contributed by atoms with van der Waals surface area (Å²) in [6, 6.07) is -0.167. The lowest BCUT2D eigenvalue weighted by Gasteiger charge is -2.32. The zero-order valence-electron chi connectivity index (χ0n) is 14.4. The molecule has 0 N–H and O–H groups in total. The van der Waals surface area contributed by atoms with Crippen LogP contribution in [0.1, 0.15) is 59.9 Å². The fraction of sp³-hybridized carbons (Fsp3) is 0.688. The fourth-order valence-electron chi connectivity index (χ4n) is 2.53. The number of aryl methyl sites for hydroxylation is 1. The molecule has 2 rings (SSSR count). The first-order valence-electron chi connectivity index (χ1n) is 7.89. The largest absolute Gasteiger partial charge is 0.445 e. The Labute approximate surface area is 151 Å². The zero-order valence-corrected chi connectivity index (χ0v) is 16.0. The SMILES string of the molecule is Cc1nc(C2CCN(C(=O)OC(C)(C)C)CC2)sc1C(=O)OCCl. The van der Waals surface area contributed by atoms with Gasteiger partial charge in [0.25, 0.3) is 0 Å². The predicted octanol–water partition coefficient (Wildman–Crippen LogP) is 3.92. The van der Waals surface area contributed by atoms with E-state index in [4.69, 9.17) is 21.1 Å². The van der Waals surface area contributed by atoms with Crippen LogP contribution >= 0.6 is 22.9 Å². The van der Waals surface area contributed by atoms with Gasteiger partial charge in [0.1, 0.15) is 10.5 Å². The van der Waals surface area contributed by atoms with Gasteiger partial charge in [-0.1, -0.05) is 11.6 Å². The molecule has 0 unspecified atom stereocenters. The second kappa shape index (κ2) is 7.70. The monoisotopic (exact) mass is 374 g/mol. The molecule has 1 aromatic heterocycles. The molecule has 24 heavy (non-hydrogen) atoms. The van der Waals surface area contributed by atoms with Crippen LogP contribution in [0.25, 0.3) is 0 Å². The Hall–Kier alpha value is -1.34. The van der Waals surface area contributed by atoms with E-state index in [9.17, 15) is 9.59 Å². The Morgan fingerprint density at radius 3 is 2.50 bits per heavy atom. The second-order valence-corrected chi connectivity index (χ2v) is 8.00. The van der Waals surface area contributed by atoms with E-state index in [1.54, 1.807) is 11.8 Å². The lowest BCUT2D eigenvalue weighted by atomic mass is 9.98. The number of piperidine rings is 1. The van der Waals surface area contributed by atoms with Gasteiger partial charge in [-0.15, -0.1) is 11.3 Å². The van der Waals surface area contributed by atoms with E-state index in [2.05, 4.69) is 4.98 Å². The fourth-order valence-corrected chi connectivity index (χ4v) is 3.76. The maximum atomic E-state index is 12.1. The van der Waals surface area contributed by atoms with Gasteiger partial charge in [-0.3, -0.25) is 0 Å². The number of thiazole rings is 1. The molecular weight excluding hydrogens is 352 g/mol. The molecular formula is C16H23ClN2O4S. The average molecular weight is 375 g/mol. The zero-order chi connectivity index (χ0) is 17.9. The Kier molecular flexibility index (Phi) is 6.09. The van der Waals surface area contributed by atoms with Crippen LogP contribution in [0.3, 0.4) is 0 Å². The molecule has 1 aliphatic rings. The molecule has 0 radical (unpaired) electrons. The van der Waals surface area contributed by atoms with E-state index in [0.717, 1.165) is 17.8 Å². The van der Waals surface area contributed by atoms with Crippen LogP contribution in [0.2, 0.25) is 0 Å². The Bertz CT molecular complexity index is 604. The lowest BCUT2D eigenvalue weighted by molar-refractivity contribution is 0.0204. The topological polar surface area (TPSA) is 68.7 Å². The molecule has 0 bridgehead atoms. The van der Waals surface area contributed by atoms with Gasteiger partial charge in [0.2, 0.25) is 0 Å². The molecule has 1 aromatic rings. The maximum absolute atomic E-state index is 12.1. The molecule has 0 spiro atoms. The number of esters is 1. The summed E-state index contributed by atoms with van der Waals surface area (Å²) >= 11 is 6.79. The maximum Gasteiger partial charge on any atom is 0.410 e. The molecule has 1 amide bonds. The van der Waals surface area contributed by atoms with Crippen molar-refractivity contribution in [2.24, 2.45) is 0 Å². The van der Waals surface area contributed by atoms with Crippen molar-refractivity contribution in [1.82, 2.24) is 9.88 Å². The number of halogens is 1. The van der Waals surface area contributed by atoms with Crippen LogP contribution in [0, 0.1) is 6.92 Å². The summed E-state index contributed by atoms with van der Waals surface area (Å²) in [6.07, 6.45) is 1.33. The van der Waals surface area contributed by atoms with Crippen molar-refractivity contribution >= 4 is 35.0 Å². The smallest absolute Gasteiger partial charge is 0.410 e. The van der Waals surface area contributed by atoms with E-state index in [0.29, 0.717) is 23.7 Å². The number of nitrogens with zero attached hydrogens (tertiary/aromatic N) is 2. The molecule has 8 heteroatoms. The molecule has 1 saturated heterocycles. The Morgan fingerprint density at radius 1 is 1.33 bits per heavy atom. The number of hydrogen-bond acceptors (Lipinski definition) is 6. The van der Waals surface area contributed by atoms with Gasteiger partial charge >= 0.3 is 12.1 Å². The van der Waals surface area contributed by atoms with E-state index in [-0.39, 0.29) is 18.1 Å². The number of amides is 1. The van der Waals surface area contributed by atoms with E-state index < -0.39 is 11.6 Å². The summed E-state index contributed by atoms with van der Waals surface area (Å²) in [5.74, 6) is -0.192. The van der Waals surface area contributed by atoms with Gasteiger partial charge in [-0.05, 0) is 40.5 Å². The summed E-state index contributed by atoms with van der Waals surface area (Å²) in [5, 5.41) is 0.915. The van der Waals surface area contributed by atoms with E-state index in [1.807, 2.05) is 20.8 Å². The van der Waals surface area contributed by atoms with Crippen LogP contribution in [-0.2, 0) is 9.47 Å². The van der Waals surface area contributed by atoms with Crippen LogP contribution < -0.4 is 0 Å². The third-order valence-corrected chi connectivity index (χ3v) is 5.09. The normalized spacial score (nSPS) is 16.1. The number of carbonyl (C=O) groups excluding carboxylic acids is 2. The molecule has 0 aromatic carbocycles. The summed E-state index contributed by atoms with van der Waals surface area (Å²) in [6.45, 7) is 8.62. The quantitative estimate of drug-likeness (QED) is 0.592. The first kappa shape index (κ1) is 19.0. The minimum atomic E-state index is -0.488. The van der Waals surface area contributed by atoms with Gasteiger partial charge in [0, 0.05) is 19.0 Å². The number of hydrogen-bond donors (Lipinski definition) is 0. The lowest BCUT2D eigenvalue weighted by Crippen LogP contribution is -2.41. The highest BCUT2D eigenvalue weighted by atomic mass is 35.5. The molecule has 0 aliphatic carbocycles. The number of rotatable bonds is 3. The van der Waals surface area contributed by atoms with Crippen LogP contribution in [0.5, 0.6) is 0 Å². The average Bonchev–Trinajstić information content (AvgIpc) is 2.88. The number of aromatic nitrogens is 1. The number of carbonyl (C=O) groups is 2. The van der Waals surface area contributed by atoms with Gasteiger partial charge in [-0.25, -0.2) is 14.6 Å². The van der Waals surface area contributed by atoms with Crippen molar-refractivity contribution in [1.29, 1.82) is 0 Å². The van der Waals surface area contributed by atoms with Crippen LogP contribution in [0.15, 0.2) is 0 Å². The number of alkyl halides is 1. The third-order valence-electron chi connectivity index (χ3n) is 3.68. The van der Waals surface area contributed by atoms with E-state index >= 15 is 0 Å². The molecule has 0 saturated carbocycles. The minimum Gasteiger partial charge on any atom is -0.445 e. The van der Waals surface area contributed by atoms with Crippen LogP contribution in [0.4, 0.5) is 4.79 Å². The third kappa shape index (κ3) is 4.83. The highest BCUT2D eigenvalue weighted by Crippen LogP contribution is 2.33. The van der Waals surface area contributed by atoms with Crippen molar-refractivity contribution < 1.29 is 19.1 Å². The first-order chi connectivity index (χ1) is 11.2. The standard InChI is InChI=1S/C16H23ClN2O4S/c1-10-12(14(20)22-9-17)24-13(18-10)11-5-7-19(8-6-11)15(21)23-16(2,3)4/h11H,5-9H2,1-4H3. The molecule has 134 valence electrons. The first-order valence-corrected chi connectivity index (χ1v) is 9.24. The molecule has 1 aliphatic heterocycles. The van der Waals surface area contributed by atoms with Gasteiger partial charge in [0.15, 0.2) is 6.07 Å². The van der Waals surface area contributed by atoms with Crippen LogP contribution in [-0.4, -0.2) is 46.7 Å². The van der Waals surface area contributed by atoms with Gasteiger partial charge in [0.05, 0.1) is 10.7 Å². The summed E-state index contributed by atoms with van der Waals surface area (Å²) in [5.41, 5.74) is 0.178. The highest BCUT2D eigenvalue weighted by Gasteiger charge is 2.29. The summed E-state index contributed by atoms with van der Waals surface area (Å²) in [4.78, 5) is 30.7. The van der Waals surface area contributed by atoms with Crippen molar-refractivity contribution in [2.75, 3.05) is 19.2 Å². The molecule has 1 fully saturated rings. The van der Waals surface area contributed by atoms with Crippen molar-refractivity contribution in [3.05, 3.63) is 15.6 Å². The Morgan fingerprint density at radius 2 is 1.96 bits per heavy atom.